The van der Waals surface area contributed by atoms with Crippen LogP contribution in [0.25, 0.3) is 0 Å². The van der Waals surface area contributed by atoms with Crippen LogP contribution in [0, 0.1) is 5.82 Å². The smallest absolute Gasteiger partial charge is 0.268 e. The summed E-state index contributed by atoms with van der Waals surface area (Å²) in [4.78, 5) is 27.3. The summed E-state index contributed by atoms with van der Waals surface area (Å²) in [5, 5.41) is 14.2. The van der Waals surface area contributed by atoms with Crippen LogP contribution in [0.2, 0.25) is 0 Å². The Bertz CT molecular complexity index is 1130. The zero-order chi connectivity index (χ0) is 21.3. The van der Waals surface area contributed by atoms with Gasteiger partial charge in [-0.3, -0.25) is 14.5 Å². The summed E-state index contributed by atoms with van der Waals surface area (Å²) in [7, 11) is 0. The number of halogens is 1. The number of carbonyl (C=O) groups is 2. The van der Waals surface area contributed by atoms with Gasteiger partial charge in [0, 0.05) is 16.8 Å². The molecule has 1 atom stereocenters. The number of hydrogen-bond acceptors (Lipinski definition) is 3. The Morgan fingerprint density at radius 1 is 1.07 bits per heavy atom. The van der Waals surface area contributed by atoms with Gasteiger partial charge in [0.05, 0.1) is 5.69 Å². The molecule has 3 aromatic carbocycles. The van der Waals surface area contributed by atoms with Gasteiger partial charge < -0.3 is 10.4 Å². The van der Waals surface area contributed by atoms with Gasteiger partial charge in [-0.05, 0) is 36.2 Å². The normalized spacial score (nSPS) is 17.7. The highest BCUT2D eigenvalue weighted by Crippen LogP contribution is 2.44. The third kappa shape index (κ3) is 3.25. The molecule has 5 nitrogen and oxygen atoms in total. The molecule has 0 saturated carbocycles. The number of rotatable bonds is 5. The van der Waals surface area contributed by atoms with Gasteiger partial charge >= 0.3 is 0 Å². The Labute approximate surface area is 173 Å². The van der Waals surface area contributed by atoms with Crippen molar-refractivity contribution >= 4 is 23.2 Å². The average molecular weight is 404 g/mol. The predicted molar refractivity (Wildman–Crippen MR) is 113 cm³/mol. The molecular formula is C24H21FN2O3. The van der Waals surface area contributed by atoms with Gasteiger partial charge in [0.1, 0.15) is 12.4 Å². The number of fused-ring (bicyclic) bond motifs is 1. The molecule has 2 amide bonds. The average Bonchev–Trinajstić information content (AvgIpc) is 2.97. The number of benzene rings is 3. The van der Waals surface area contributed by atoms with E-state index in [9.17, 15) is 19.1 Å². The molecule has 0 bridgehead atoms. The predicted octanol–water partition coefficient (Wildman–Crippen LogP) is 3.61. The first kappa shape index (κ1) is 19.8. The second kappa shape index (κ2) is 7.72. The first-order chi connectivity index (χ1) is 14.4. The number of carbonyl (C=O) groups excluding carboxylic acids is 2. The van der Waals surface area contributed by atoms with E-state index in [0.29, 0.717) is 16.9 Å². The summed E-state index contributed by atoms with van der Waals surface area (Å²) in [6.07, 6.45) is 0.751. The molecule has 0 radical (unpaired) electrons. The fourth-order valence-electron chi connectivity index (χ4n) is 3.87. The Morgan fingerprint density at radius 2 is 1.80 bits per heavy atom. The molecular weight excluding hydrogens is 383 g/mol. The Kier molecular flexibility index (Phi) is 5.10. The van der Waals surface area contributed by atoms with Gasteiger partial charge in [-0.1, -0.05) is 55.5 Å². The third-order valence-corrected chi connectivity index (χ3v) is 5.36. The van der Waals surface area contributed by atoms with Gasteiger partial charge in [0.15, 0.2) is 5.60 Å². The molecule has 0 saturated heterocycles. The lowest BCUT2D eigenvalue weighted by Crippen LogP contribution is -2.44. The van der Waals surface area contributed by atoms with Crippen molar-refractivity contribution in [3.05, 3.63) is 95.3 Å². The zero-order valence-corrected chi connectivity index (χ0v) is 16.4. The summed E-state index contributed by atoms with van der Waals surface area (Å²) in [5.74, 6) is -1.63. The lowest BCUT2D eigenvalue weighted by atomic mass is 9.87. The number of amides is 2. The van der Waals surface area contributed by atoms with Crippen molar-refractivity contribution < 1.29 is 19.1 Å². The van der Waals surface area contributed by atoms with Gasteiger partial charge in [0.2, 0.25) is 5.91 Å². The topological polar surface area (TPSA) is 69.6 Å². The van der Waals surface area contributed by atoms with E-state index in [1.54, 1.807) is 30.3 Å². The molecule has 4 rings (SSSR count). The molecule has 0 spiro atoms. The molecule has 0 fully saturated rings. The third-order valence-electron chi connectivity index (χ3n) is 5.36. The molecule has 30 heavy (non-hydrogen) atoms. The monoisotopic (exact) mass is 404 g/mol. The van der Waals surface area contributed by atoms with Crippen LogP contribution in [0.4, 0.5) is 15.8 Å². The molecule has 0 aliphatic carbocycles. The maximum absolute atomic E-state index is 13.8. The highest BCUT2D eigenvalue weighted by molar-refractivity contribution is 6.12. The highest BCUT2D eigenvalue weighted by Gasteiger charge is 2.51. The van der Waals surface area contributed by atoms with Crippen LogP contribution in [-0.2, 0) is 21.6 Å². The number of nitrogens with zero attached hydrogens (tertiary/aromatic N) is 1. The van der Waals surface area contributed by atoms with E-state index >= 15 is 0 Å². The minimum absolute atomic E-state index is 0.124. The highest BCUT2D eigenvalue weighted by atomic mass is 19.1. The molecule has 6 heteroatoms. The van der Waals surface area contributed by atoms with Crippen LogP contribution >= 0.6 is 0 Å². The standard InChI is InChI=1S/C24H21FN2O3/c1-2-16-8-3-5-12-20(16)26-22(28)15-27-21-13-6-4-11-19(21)24(30,23(27)29)17-9-7-10-18(25)14-17/h3-14,30H,2,15H2,1H3,(H,26,28)/t24-/m0/s1. The lowest BCUT2D eigenvalue weighted by molar-refractivity contribution is -0.133. The second-order valence-corrected chi connectivity index (χ2v) is 7.19. The van der Waals surface area contributed by atoms with Crippen LogP contribution in [0.1, 0.15) is 23.6 Å². The van der Waals surface area contributed by atoms with Crippen molar-refractivity contribution in [3.8, 4) is 0 Å². The van der Waals surface area contributed by atoms with Crippen molar-refractivity contribution in [2.45, 2.75) is 18.9 Å². The van der Waals surface area contributed by atoms with E-state index in [2.05, 4.69) is 5.32 Å². The molecule has 3 aromatic rings. The van der Waals surface area contributed by atoms with E-state index in [1.165, 1.54) is 23.1 Å². The Morgan fingerprint density at radius 3 is 2.57 bits per heavy atom. The summed E-state index contributed by atoms with van der Waals surface area (Å²) in [6.45, 7) is 1.72. The molecule has 1 aliphatic heterocycles. The first-order valence-electron chi connectivity index (χ1n) is 9.72. The Balaban J connectivity index is 1.66. The summed E-state index contributed by atoms with van der Waals surface area (Å²) in [6, 6.07) is 19.5. The number of para-hydroxylation sites is 2. The first-order valence-corrected chi connectivity index (χ1v) is 9.72. The number of aryl methyl sites for hydroxylation is 1. The van der Waals surface area contributed by atoms with Crippen LogP contribution in [-0.4, -0.2) is 23.5 Å². The maximum atomic E-state index is 13.8. The van der Waals surface area contributed by atoms with Gasteiger partial charge in [0.25, 0.3) is 5.91 Å². The fraction of sp³-hybridized carbons (Fsp3) is 0.167. The van der Waals surface area contributed by atoms with Crippen molar-refractivity contribution in [2.75, 3.05) is 16.8 Å². The van der Waals surface area contributed by atoms with Crippen molar-refractivity contribution in [3.63, 3.8) is 0 Å². The van der Waals surface area contributed by atoms with E-state index in [4.69, 9.17) is 0 Å². The number of hydrogen-bond donors (Lipinski definition) is 2. The molecule has 1 heterocycles. The van der Waals surface area contributed by atoms with E-state index in [1.807, 2.05) is 25.1 Å². The summed E-state index contributed by atoms with van der Waals surface area (Å²) in [5.41, 5.74) is 0.482. The lowest BCUT2D eigenvalue weighted by Gasteiger charge is -2.23. The van der Waals surface area contributed by atoms with Gasteiger partial charge in [-0.15, -0.1) is 0 Å². The molecule has 0 aromatic heterocycles. The van der Waals surface area contributed by atoms with Crippen LogP contribution in [0.15, 0.2) is 72.8 Å². The maximum Gasteiger partial charge on any atom is 0.268 e. The minimum atomic E-state index is -2.06. The van der Waals surface area contributed by atoms with Gasteiger partial charge in [-0.25, -0.2) is 4.39 Å². The van der Waals surface area contributed by atoms with E-state index in [0.717, 1.165) is 18.1 Å². The number of nitrogens with one attached hydrogen (secondary N) is 1. The number of anilines is 2. The zero-order valence-electron chi connectivity index (χ0n) is 16.4. The van der Waals surface area contributed by atoms with Crippen LogP contribution < -0.4 is 10.2 Å². The number of aliphatic hydroxyl groups is 1. The van der Waals surface area contributed by atoms with Crippen LogP contribution in [0.3, 0.4) is 0 Å². The van der Waals surface area contributed by atoms with E-state index in [-0.39, 0.29) is 18.0 Å². The fourth-order valence-corrected chi connectivity index (χ4v) is 3.87. The van der Waals surface area contributed by atoms with Crippen molar-refractivity contribution in [1.29, 1.82) is 0 Å². The van der Waals surface area contributed by atoms with Crippen molar-refractivity contribution in [2.24, 2.45) is 0 Å². The molecule has 2 N–H and O–H groups in total. The SMILES string of the molecule is CCc1ccccc1NC(=O)CN1C(=O)[C@](O)(c2cccc(F)c2)c2ccccc21. The minimum Gasteiger partial charge on any atom is -0.372 e. The molecule has 1 aliphatic rings. The molecule has 152 valence electrons. The Hall–Kier alpha value is -3.51. The summed E-state index contributed by atoms with van der Waals surface area (Å²) >= 11 is 0. The van der Waals surface area contributed by atoms with Crippen LogP contribution in [0.5, 0.6) is 0 Å². The summed E-state index contributed by atoms with van der Waals surface area (Å²) < 4.78 is 13.8. The van der Waals surface area contributed by atoms with E-state index < -0.39 is 17.3 Å². The molecule has 0 unspecified atom stereocenters. The second-order valence-electron chi connectivity index (χ2n) is 7.19. The largest absolute Gasteiger partial charge is 0.372 e. The van der Waals surface area contributed by atoms with Gasteiger partial charge in [-0.2, -0.15) is 0 Å². The van der Waals surface area contributed by atoms with Crippen molar-refractivity contribution in [1.82, 2.24) is 0 Å². The quantitative estimate of drug-likeness (QED) is 0.683.